The van der Waals surface area contributed by atoms with E-state index in [9.17, 15) is 4.79 Å². The first-order valence-electron chi connectivity index (χ1n) is 6.42. The Bertz CT molecular complexity index is 265. The Morgan fingerprint density at radius 3 is 2.53 bits per heavy atom. The van der Waals surface area contributed by atoms with Crippen LogP contribution in [0.2, 0.25) is 0 Å². The van der Waals surface area contributed by atoms with Gasteiger partial charge in [-0.2, -0.15) is 0 Å². The van der Waals surface area contributed by atoms with Gasteiger partial charge in [0.15, 0.2) is 0 Å². The molecule has 1 heterocycles. The van der Waals surface area contributed by atoms with Crippen molar-refractivity contribution in [3.05, 3.63) is 25.3 Å². The van der Waals surface area contributed by atoms with E-state index in [2.05, 4.69) is 25.0 Å². The van der Waals surface area contributed by atoms with Gasteiger partial charge in [0.1, 0.15) is 0 Å². The minimum atomic E-state index is 0.179. The standard InChI is InChI=1S/C14H24N2O/c1-4-9-15(10-5-2)14(17)12-16-11-7-6-8-13(16)3/h4-5,13H,1-2,6-12H2,3H3. The van der Waals surface area contributed by atoms with E-state index in [1.54, 1.807) is 17.1 Å². The number of carbonyl (C=O) groups is 1. The second kappa shape index (κ2) is 7.28. The molecule has 1 unspecified atom stereocenters. The van der Waals surface area contributed by atoms with Gasteiger partial charge in [0.05, 0.1) is 6.54 Å². The number of hydrogen-bond donors (Lipinski definition) is 0. The maximum atomic E-state index is 12.1. The van der Waals surface area contributed by atoms with E-state index in [4.69, 9.17) is 0 Å². The van der Waals surface area contributed by atoms with E-state index in [-0.39, 0.29) is 5.91 Å². The SMILES string of the molecule is C=CCN(CC=C)C(=O)CN1CCCCC1C. The van der Waals surface area contributed by atoms with Crippen molar-refractivity contribution in [1.82, 2.24) is 9.80 Å². The van der Waals surface area contributed by atoms with Crippen LogP contribution in [0.25, 0.3) is 0 Å². The van der Waals surface area contributed by atoms with Gasteiger partial charge in [-0.15, -0.1) is 13.2 Å². The van der Waals surface area contributed by atoms with E-state index < -0.39 is 0 Å². The average molecular weight is 236 g/mol. The Hall–Kier alpha value is -1.09. The highest BCUT2D eigenvalue weighted by Crippen LogP contribution is 2.16. The van der Waals surface area contributed by atoms with Gasteiger partial charge in [-0.05, 0) is 26.3 Å². The summed E-state index contributed by atoms with van der Waals surface area (Å²) < 4.78 is 0. The van der Waals surface area contributed by atoms with Crippen LogP contribution in [0.1, 0.15) is 26.2 Å². The Balaban J connectivity index is 2.49. The summed E-state index contributed by atoms with van der Waals surface area (Å²) in [5, 5.41) is 0. The highest BCUT2D eigenvalue weighted by Gasteiger charge is 2.22. The lowest BCUT2D eigenvalue weighted by Crippen LogP contribution is -2.45. The van der Waals surface area contributed by atoms with Crippen LogP contribution in [0.15, 0.2) is 25.3 Å². The number of rotatable bonds is 6. The first-order chi connectivity index (χ1) is 8.19. The summed E-state index contributed by atoms with van der Waals surface area (Å²) in [6, 6.07) is 0.530. The zero-order valence-corrected chi connectivity index (χ0v) is 10.9. The molecular weight excluding hydrogens is 212 g/mol. The van der Waals surface area contributed by atoms with Crippen molar-refractivity contribution >= 4 is 5.91 Å². The van der Waals surface area contributed by atoms with Gasteiger partial charge in [0.25, 0.3) is 0 Å². The summed E-state index contributed by atoms with van der Waals surface area (Å²) in [5.41, 5.74) is 0. The molecule has 1 rings (SSSR count). The van der Waals surface area contributed by atoms with Crippen LogP contribution in [0.4, 0.5) is 0 Å². The van der Waals surface area contributed by atoms with E-state index in [0.29, 0.717) is 25.7 Å². The highest BCUT2D eigenvalue weighted by molar-refractivity contribution is 5.78. The summed E-state index contributed by atoms with van der Waals surface area (Å²) in [6.07, 6.45) is 7.23. The molecule has 0 spiro atoms. The maximum Gasteiger partial charge on any atom is 0.237 e. The lowest BCUT2D eigenvalue weighted by Gasteiger charge is -2.34. The summed E-state index contributed by atoms with van der Waals surface area (Å²) in [4.78, 5) is 16.2. The molecule has 0 radical (unpaired) electrons. The molecule has 1 aliphatic rings. The molecule has 0 saturated carbocycles. The third kappa shape index (κ3) is 4.35. The molecule has 96 valence electrons. The van der Waals surface area contributed by atoms with E-state index >= 15 is 0 Å². The molecule has 0 aromatic heterocycles. The second-order valence-electron chi connectivity index (χ2n) is 4.69. The van der Waals surface area contributed by atoms with Crippen LogP contribution in [0.3, 0.4) is 0 Å². The van der Waals surface area contributed by atoms with Gasteiger partial charge in [0, 0.05) is 19.1 Å². The van der Waals surface area contributed by atoms with E-state index in [0.717, 1.165) is 6.54 Å². The topological polar surface area (TPSA) is 23.6 Å². The van der Waals surface area contributed by atoms with Crippen LogP contribution in [-0.4, -0.2) is 47.9 Å². The Labute approximate surface area is 105 Å². The van der Waals surface area contributed by atoms with E-state index in [1.807, 2.05) is 0 Å². The number of nitrogens with zero attached hydrogens (tertiary/aromatic N) is 2. The summed E-state index contributed by atoms with van der Waals surface area (Å²) in [7, 11) is 0. The van der Waals surface area contributed by atoms with Gasteiger partial charge in [0.2, 0.25) is 5.91 Å². The van der Waals surface area contributed by atoms with Crippen molar-refractivity contribution in [2.75, 3.05) is 26.2 Å². The molecule has 1 atom stereocenters. The maximum absolute atomic E-state index is 12.1. The van der Waals surface area contributed by atoms with Crippen LogP contribution < -0.4 is 0 Å². The lowest BCUT2D eigenvalue weighted by molar-refractivity contribution is -0.132. The van der Waals surface area contributed by atoms with Crippen molar-refractivity contribution in [2.45, 2.75) is 32.2 Å². The van der Waals surface area contributed by atoms with E-state index in [1.165, 1.54) is 19.3 Å². The predicted octanol–water partition coefficient (Wildman–Crippen LogP) is 2.06. The lowest BCUT2D eigenvalue weighted by atomic mass is 10.0. The minimum Gasteiger partial charge on any atom is -0.334 e. The number of piperidine rings is 1. The third-order valence-corrected chi connectivity index (χ3v) is 3.33. The molecule has 0 aromatic rings. The Morgan fingerprint density at radius 2 is 2.00 bits per heavy atom. The fourth-order valence-electron chi connectivity index (χ4n) is 2.26. The molecule has 17 heavy (non-hydrogen) atoms. The van der Waals surface area contributed by atoms with Crippen molar-refractivity contribution < 1.29 is 4.79 Å². The predicted molar refractivity (Wildman–Crippen MR) is 71.9 cm³/mol. The molecule has 1 aliphatic heterocycles. The zero-order chi connectivity index (χ0) is 12.7. The number of hydrogen-bond acceptors (Lipinski definition) is 2. The molecule has 0 aliphatic carbocycles. The van der Waals surface area contributed by atoms with Crippen LogP contribution >= 0.6 is 0 Å². The van der Waals surface area contributed by atoms with Crippen molar-refractivity contribution in [3.63, 3.8) is 0 Å². The molecule has 3 heteroatoms. The number of amides is 1. The van der Waals surface area contributed by atoms with Crippen molar-refractivity contribution in [3.8, 4) is 0 Å². The first kappa shape index (κ1) is 14.0. The van der Waals surface area contributed by atoms with Gasteiger partial charge >= 0.3 is 0 Å². The fourth-order valence-corrected chi connectivity index (χ4v) is 2.26. The molecule has 1 fully saturated rings. The van der Waals surface area contributed by atoms with Crippen LogP contribution in [0.5, 0.6) is 0 Å². The molecule has 0 bridgehead atoms. The smallest absolute Gasteiger partial charge is 0.237 e. The first-order valence-corrected chi connectivity index (χ1v) is 6.42. The zero-order valence-electron chi connectivity index (χ0n) is 10.9. The van der Waals surface area contributed by atoms with Crippen molar-refractivity contribution in [1.29, 1.82) is 0 Å². The second-order valence-corrected chi connectivity index (χ2v) is 4.69. The third-order valence-electron chi connectivity index (χ3n) is 3.33. The quantitative estimate of drug-likeness (QED) is 0.659. The summed E-state index contributed by atoms with van der Waals surface area (Å²) in [6.45, 7) is 12.4. The van der Waals surface area contributed by atoms with Crippen molar-refractivity contribution in [2.24, 2.45) is 0 Å². The Morgan fingerprint density at radius 1 is 1.35 bits per heavy atom. The highest BCUT2D eigenvalue weighted by atomic mass is 16.2. The number of carbonyl (C=O) groups excluding carboxylic acids is 1. The normalized spacial score (nSPS) is 20.9. The molecular formula is C14H24N2O. The largest absolute Gasteiger partial charge is 0.334 e. The Kier molecular flexibility index (Phi) is 5.98. The monoisotopic (exact) mass is 236 g/mol. The molecule has 1 amide bonds. The van der Waals surface area contributed by atoms with Gasteiger partial charge in [-0.3, -0.25) is 9.69 Å². The average Bonchev–Trinajstić information content (AvgIpc) is 2.32. The van der Waals surface area contributed by atoms with Crippen LogP contribution in [0, 0.1) is 0 Å². The molecule has 3 nitrogen and oxygen atoms in total. The van der Waals surface area contributed by atoms with Gasteiger partial charge in [-0.1, -0.05) is 18.6 Å². The minimum absolute atomic E-state index is 0.179. The molecule has 1 saturated heterocycles. The molecule has 0 N–H and O–H groups in total. The number of likely N-dealkylation sites (tertiary alicyclic amines) is 1. The molecule has 0 aromatic carbocycles. The summed E-state index contributed by atoms with van der Waals surface area (Å²) in [5.74, 6) is 0.179. The van der Waals surface area contributed by atoms with Gasteiger partial charge < -0.3 is 4.90 Å². The van der Waals surface area contributed by atoms with Gasteiger partial charge in [-0.25, -0.2) is 0 Å². The fraction of sp³-hybridized carbons (Fsp3) is 0.643. The summed E-state index contributed by atoms with van der Waals surface area (Å²) >= 11 is 0. The van der Waals surface area contributed by atoms with Crippen LogP contribution in [-0.2, 0) is 4.79 Å².